The zero-order valence-corrected chi connectivity index (χ0v) is 19.2. The number of rotatable bonds is 9. The van der Waals surface area contributed by atoms with E-state index in [0.717, 1.165) is 70.2 Å². The summed E-state index contributed by atoms with van der Waals surface area (Å²) in [4.78, 5) is 7.06. The number of guanidine groups is 1. The van der Waals surface area contributed by atoms with Crippen LogP contribution in [0.15, 0.2) is 4.99 Å². The van der Waals surface area contributed by atoms with E-state index in [2.05, 4.69) is 34.4 Å². The molecule has 0 aromatic rings. The Morgan fingerprint density at radius 1 is 1.21 bits per heavy atom. The third-order valence-electron chi connectivity index (χ3n) is 6.43. The summed E-state index contributed by atoms with van der Waals surface area (Å²) in [5, 5.41) is 7.54. The van der Waals surface area contributed by atoms with Crippen molar-refractivity contribution in [3.63, 3.8) is 0 Å². The van der Waals surface area contributed by atoms with Crippen LogP contribution in [0.25, 0.3) is 0 Å². The SMILES string of the molecule is CCC(CC)C(CNC(=NC)NC1CCCC(S(=O)CC)C1)N1CCOCC1. The van der Waals surface area contributed by atoms with E-state index in [-0.39, 0.29) is 0 Å². The molecule has 1 aliphatic carbocycles. The second kappa shape index (κ2) is 12.8. The van der Waals surface area contributed by atoms with E-state index in [1.165, 1.54) is 12.8 Å². The molecule has 1 heterocycles. The minimum absolute atomic E-state index is 0.333. The van der Waals surface area contributed by atoms with Crippen LogP contribution in [0.1, 0.15) is 59.3 Å². The van der Waals surface area contributed by atoms with Crippen LogP contribution in [0.2, 0.25) is 0 Å². The minimum Gasteiger partial charge on any atom is -0.379 e. The van der Waals surface area contributed by atoms with Gasteiger partial charge < -0.3 is 15.4 Å². The molecule has 0 bridgehead atoms. The average molecular weight is 415 g/mol. The lowest BCUT2D eigenvalue weighted by atomic mass is 9.92. The molecular weight excluding hydrogens is 372 g/mol. The van der Waals surface area contributed by atoms with Gasteiger partial charge in [-0.2, -0.15) is 0 Å². The van der Waals surface area contributed by atoms with Crippen LogP contribution in [-0.4, -0.2) is 78.1 Å². The summed E-state index contributed by atoms with van der Waals surface area (Å²) in [7, 11) is 1.16. The summed E-state index contributed by atoms with van der Waals surface area (Å²) in [6.45, 7) is 11.2. The lowest BCUT2D eigenvalue weighted by Gasteiger charge is -2.39. The molecular formula is C21H42N4O2S. The molecule has 6 nitrogen and oxygen atoms in total. The molecule has 4 unspecified atom stereocenters. The largest absolute Gasteiger partial charge is 0.379 e. The zero-order valence-electron chi connectivity index (χ0n) is 18.4. The number of nitrogens with zero attached hydrogens (tertiary/aromatic N) is 2. The molecule has 2 fully saturated rings. The summed E-state index contributed by atoms with van der Waals surface area (Å²) in [6.07, 6.45) is 6.75. The van der Waals surface area contributed by atoms with Crippen LogP contribution in [-0.2, 0) is 15.5 Å². The fourth-order valence-electron chi connectivity index (χ4n) is 4.68. The molecule has 0 aromatic carbocycles. The van der Waals surface area contributed by atoms with Crippen molar-refractivity contribution in [1.82, 2.24) is 15.5 Å². The number of morpholine rings is 1. The molecule has 1 aliphatic heterocycles. The summed E-state index contributed by atoms with van der Waals surface area (Å²) >= 11 is 0. The van der Waals surface area contributed by atoms with Gasteiger partial charge in [-0.1, -0.05) is 40.0 Å². The van der Waals surface area contributed by atoms with Gasteiger partial charge in [-0.3, -0.25) is 14.1 Å². The van der Waals surface area contributed by atoms with Crippen molar-refractivity contribution < 1.29 is 8.95 Å². The molecule has 0 aromatic heterocycles. The molecule has 2 aliphatic rings. The third-order valence-corrected chi connectivity index (χ3v) is 8.17. The predicted octanol–water partition coefficient (Wildman–Crippen LogP) is 2.37. The summed E-state index contributed by atoms with van der Waals surface area (Å²) in [5.74, 6) is 2.33. The highest BCUT2D eigenvalue weighted by Gasteiger charge is 2.28. The molecule has 0 radical (unpaired) electrons. The van der Waals surface area contributed by atoms with Crippen molar-refractivity contribution in [2.24, 2.45) is 10.9 Å². The molecule has 4 atom stereocenters. The van der Waals surface area contributed by atoms with E-state index in [1.807, 2.05) is 14.0 Å². The van der Waals surface area contributed by atoms with Crippen LogP contribution in [0.4, 0.5) is 0 Å². The van der Waals surface area contributed by atoms with E-state index in [4.69, 9.17) is 4.74 Å². The highest BCUT2D eigenvalue weighted by molar-refractivity contribution is 7.85. The van der Waals surface area contributed by atoms with Gasteiger partial charge in [-0.05, 0) is 25.2 Å². The van der Waals surface area contributed by atoms with Crippen molar-refractivity contribution in [3.8, 4) is 0 Å². The first-order valence-corrected chi connectivity index (χ1v) is 12.7. The second-order valence-electron chi connectivity index (χ2n) is 8.04. The summed E-state index contributed by atoms with van der Waals surface area (Å²) in [6, 6.07) is 0.875. The summed E-state index contributed by atoms with van der Waals surface area (Å²) < 4.78 is 17.8. The molecule has 164 valence electrons. The van der Waals surface area contributed by atoms with Crippen LogP contribution < -0.4 is 10.6 Å². The number of hydrogen-bond acceptors (Lipinski definition) is 4. The molecule has 1 saturated heterocycles. The van der Waals surface area contributed by atoms with Crippen molar-refractivity contribution in [3.05, 3.63) is 0 Å². The Kier molecular flexibility index (Phi) is 10.8. The van der Waals surface area contributed by atoms with E-state index >= 15 is 0 Å². The summed E-state index contributed by atoms with van der Waals surface area (Å²) in [5.41, 5.74) is 0. The standard InChI is InChI=1S/C21H42N4O2S/c1-5-17(6-2)20(25-11-13-27-14-12-25)16-23-21(22-4)24-18-9-8-10-19(15-18)28(26)7-3/h17-20H,5-16H2,1-4H3,(H2,22,23,24). The normalized spacial score (nSPS) is 26.8. The molecule has 2 rings (SSSR count). The highest BCUT2D eigenvalue weighted by atomic mass is 32.2. The van der Waals surface area contributed by atoms with Crippen LogP contribution >= 0.6 is 0 Å². The molecule has 0 amide bonds. The molecule has 2 N–H and O–H groups in total. The Morgan fingerprint density at radius 3 is 2.54 bits per heavy atom. The average Bonchev–Trinajstić information content (AvgIpc) is 2.75. The van der Waals surface area contributed by atoms with Gasteiger partial charge in [-0.25, -0.2) is 0 Å². The first-order chi connectivity index (χ1) is 13.6. The maximum Gasteiger partial charge on any atom is 0.191 e. The Balaban J connectivity index is 1.91. The first kappa shape index (κ1) is 23.6. The number of ether oxygens (including phenoxy) is 1. The second-order valence-corrected chi connectivity index (χ2v) is 10.1. The van der Waals surface area contributed by atoms with E-state index < -0.39 is 10.8 Å². The minimum atomic E-state index is -0.693. The van der Waals surface area contributed by atoms with Crippen molar-refractivity contribution in [2.45, 2.75) is 76.6 Å². The van der Waals surface area contributed by atoms with E-state index in [9.17, 15) is 4.21 Å². The number of aliphatic imine (C=N–C) groups is 1. The Labute approximate surface area is 174 Å². The van der Waals surface area contributed by atoms with Crippen LogP contribution in [0.5, 0.6) is 0 Å². The van der Waals surface area contributed by atoms with Gasteiger partial charge in [0, 0.05) is 60.6 Å². The number of hydrogen-bond donors (Lipinski definition) is 2. The van der Waals surface area contributed by atoms with Gasteiger partial charge in [-0.15, -0.1) is 0 Å². The van der Waals surface area contributed by atoms with Gasteiger partial charge in [0.1, 0.15) is 0 Å². The third kappa shape index (κ3) is 6.99. The molecule has 28 heavy (non-hydrogen) atoms. The zero-order chi connectivity index (χ0) is 20.4. The Bertz CT molecular complexity index is 493. The first-order valence-electron chi connectivity index (χ1n) is 11.3. The molecule has 0 spiro atoms. The van der Waals surface area contributed by atoms with Crippen molar-refractivity contribution in [1.29, 1.82) is 0 Å². The Morgan fingerprint density at radius 2 is 1.93 bits per heavy atom. The molecule has 7 heteroatoms. The van der Waals surface area contributed by atoms with Crippen LogP contribution in [0.3, 0.4) is 0 Å². The maximum absolute atomic E-state index is 12.2. The van der Waals surface area contributed by atoms with Gasteiger partial charge in [0.05, 0.1) is 13.2 Å². The topological polar surface area (TPSA) is 66.0 Å². The quantitative estimate of drug-likeness (QED) is 0.448. The predicted molar refractivity (Wildman–Crippen MR) is 119 cm³/mol. The maximum atomic E-state index is 12.2. The molecule has 1 saturated carbocycles. The smallest absolute Gasteiger partial charge is 0.191 e. The van der Waals surface area contributed by atoms with E-state index in [1.54, 1.807) is 0 Å². The van der Waals surface area contributed by atoms with E-state index in [0.29, 0.717) is 23.3 Å². The fraction of sp³-hybridized carbons (Fsp3) is 0.952. The lowest BCUT2D eigenvalue weighted by Crippen LogP contribution is -2.54. The van der Waals surface area contributed by atoms with Crippen molar-refractivity contribution >= 4 is 16.8 Å². The van der Waals surface area contributed by atoms with Gasteiger partial charge in [0.15, 0.2) is 5.96 Å². The van der Waals surface area contributed by atoms with Gasteiger partial charge in [0.25, 0.3) is 0 Å². The van der Waals surface area contributed by atoms with Gasteiger partial charge >= 0.3 is 0 Å². The highest BCUT2D eigenvalue weighted by Crippen LogP contribution is 2.23. The fourth-order valence-corrected chi connectivity index (χ4v) is 6.02. The Hall–Kier alpha value is -0.660. The van der Waals surface area contributed by atoms with Crippen molar-refractivity contribution in [2.75, 3.05) is 45.6 Å². The lowest BCUT2D eigenvalue weighted by molar-refractivity contribution is 0.00271. The van der Waals surface area contributed by atoms with Crippen LogP contribution in [0, 0.1) is 5.92 Å². The van der Waals surface area contributed by atoms with Gasteiger partial charge in [0.2, 0.25) is 0 Å². The monoisotopic (exact) mass is 414 g/mol. The number of nitrogens with one attached hydrogen (secondary N) is 2.